The van der Waals surface area contributed by atoms with Crippen LogP contribution in [0, 0.1) is 5.41 Å². The average molecular weight is 313 g/mol. The van der Waals surface area contributed by atoms with Gasteiger partial charge in [-0.15, -0.1) is 0 Å². The molecule has 1 aliphatic carbocycles. The van der Waals surface area contributed by atoms with Crippen molar-refractivity contribution in [2.75, 3.05) is 19.8 Å². The zero-order valence-electron chi connectivity index (χ0n) is 10.2. The van der Waals surface area contributed by atoms with Gasteiger partial charge < -0.3 is 14.6 Å². The van der Waals surface area contributed by atoms with Crippen LogP contribution in [0.3, 0.4) is 0 Å². The molecule has 3 rings (SSSR count). The van der Waals surface area contributed by atoms with Crippen LogP contribution < -0.4 is 9.47 Å². The number of ether oxygens (including phenoxy) is 2. The molecule has 18 heavy (non-hydrogen) atoms. The lowest BCUT2D eigenvalue weighted by atomic mass is 10.1. The maximum atomic E-state index is 8.89. The highest BCUT2D eigenvalue weighted by molar-refractivity contribution is 9.10. The molecule has 0 amide bonds. The molecule has 0 bridgehead atoms. The van der Waals surface area contributed by atoms with Crippen LogP contribution in [0.5, 0.6) is 11.5 Å². The van der Waals surface area contributed by atoms with E-state index in [9.17, 15) is 0 Å². The van der Waals surface area contributed by atoms with Crippen LogP contribution in [-0.2, 0) is 6.42 Å². The van der Waals surface area contributed by atoms with Gasteiger partial charge in [0.15, 0.2) is 11.5 Å². The summed E-state index contributed by atoms with van der Waals surface area (Å²) in [6.45, 7) is 1.74. The SMILES string of the molecule is OCCCc1cc(Br)c2c(c1)OCC1(CC1)CO2. The van der Waals surface area contributed by atoms with Crippen LogP contribution in [0.1, 0.15) is 24.8 Å². The zero-order chi connectivity index (χ0) is 12.6. The Kier molecular flexibility index (Phi) is 3.24. The lowest BCUT2D eigenvalue weighted by molar-refractivity contribution is 0.196. The van der Waals surface area contributed by atoms with Crippen molar-refractivity contribution >= 4 is 15.9 Å². The van der Waals surface area contributed by atoms with Crippen molar-refractivity contribution in [3.8, 4) is 11.5 Å². The van der Waals surface area contributed by atoms with Gasteiger partial charge in [0.1, 0.15) is 0 Å². The summed E-state index contributed by atoms with van der Waals surface area (Å²) in [4.78, 5) is 0. The van der Waals surface area contributed by atoms with Gasteiger partial charge in [0.25, 0.3) is 0 Å². The lowest BCUT2D eigenvalue weighted by Gasteiger charge is -2.11. The number of fused-ring (bicyclic) bond motifs is 1. The van der Waals surface area contributed by atoms with Gasteiger partial charge in [-0.2, -0.15) is 0 Å². The highest BCUT2D eigenvalue weighted by Crippen LogP contribution is 2.50. The van der Waals surface area contributed by atoms with Crippen LogP contribution in [0.15, 0.2) is 16.6 Å². The van der Waals surface area contributed by atoms with E-state index in [0.717, 1.165) is 42.0 Å². The number of aryl methyl sites for hydroxylation is 1. The Hall–Kier alpha value is -0.740. The molecule has 0 radical (unpaired) electrons. The Morgan fingerprint density at radius 3 is 2.72 bits per heavy atom. The fourth-order valence-electron chi connectivity index (χ4n) is 2.26. The molecule has 0 aromatic heterocycles. The van der Waals surface area contributed by atoms with E-state index in [4.69, 9.17) is 14.6 Å². The van der Waals surface area contributed by atoms with Crippen molar-refractivity contribution in [1.82, 2.24) is 0 Å². The number of rotatable bonds is 3. The summed E-state index contributed by atoms with van der Waals surface area (Å²) in [6.07, 6.45) is 4.04. The van der Waals surface area contributed by atoms with E-state index in [0.29, 0.717) is 0 Å². The summed E-state index contributed by atoms with van der Waals surface area (Å²) >= 11 is 3.55. The van der Waals surface area contributed by atoms with E-state index in [1.54, 1.807) is 0 Å². The molecule has 1 saturated carbocycles. The Balaban J connectivity index is 1.84. The van der Waals surface area contributed by atoms with Gasteiger partial charge in [0, 0.05) is 12.0 Å². The molecule has 2 aliphatic rings. The Labute approximate surface area is 115 Å². The summed E-state index contributed by atoms with van der Waals surface area (Å²) in [5.41, 5.74) is 1.44. The van der Waals surface area contributed by atoms with E-state index >= 15 is 0 Å². The van der Waals surface area contributed by atoms with Gasteiger partial charge in [0.05, 0.1) is 17.7 Å². The van der Waals surface area contributed by atoms with Gasteiger partial charge in [-0.3, -0.25) is 0 Å². The first kappa shape index (κ1) is 12.3. The summed E-state index contributed by atoms with van der Waals surface area (Å²) in [5, 5.41) is 8.89. The first-order valence-electron chi connectivity index (χ1n) is 6.41. The second-order valence-electron chi connectivity index (χ2n) is 5.31. The molecule has 1 heterocycles. The largest absolute Gasteiger partial charge is 0.489 e. The zero-order valence-corrected chi connectivity index (χ0v) is 11.8. The van der Waals surface area contributed by atoms with Crippen molar-refractivity contribution < 1.29 is 14.6 Å². The number of halogens is 1. The quantitative estimate of drug-likeness (QED) is 0.932. The maximum absolute atomic E-state index is 8.89. The van der Waals surface area contributed by atoms with Crippen molar-refractivity contribution in [3.05, 3.63) is 22.2 Å². The van der Waals surface area contributed by atoms with E-state index < -0.39 is 0 Å². The Morgan fingerprint density at radius 1 is 1.22 bits per heavy atom. The summed E-state index contributed by atoms with van der Waals surface area (Å²) in [5.74, 6) is 1.66. The lowest BCUT2D eigenvalue weighted by Crippen LogP contribution is -2.17. The van der Waals surface area contributed by atoms with Gasteiger partial charge >= 0.3 is 0 Å². The highest BCUT2D eigenvalue weighted by Gasteiger charge is 2.46. The Bertz CT molecular complexity index is 455. The second-order valence-corrected chi connectivity index (χ2v) is 6.16. The van der Waals surface area contributed by atoms with Crippen molar-refractivity contribution in [2.45, 2.75) is 25.7 Å². The van der Waals surface area contributed by atoms with Crippen LogP contribution in [-0.4, -0.2) is 24.9 Å². The molecule has 1 aromatic carbocycles. The predicted octanol–water partition coefficient (Wildman–Crippen LogP) is 2.93. The minimum Gasteiger partial charge on any atom is -0.489 e. The Morgan fingerprint density at radius 2 is 2.00 bits per heavy atom. The van der Waals surface area contributed by atoms with E-state index in [2.05, 4.69) is 22.0 Å². The van der Waals surface area contributed by atoms with Gasteiger partial charge in [-0.25, -0.2) is 0 Å². The number of hydrogen-bond donors (Lipinski definition) is 1. The molecule has 1 fully saturated rings. The summed E-state index contributed by atoms with van der Waals surface area (Å²) < 4.78 is 12.8. The minimum atomic E-state index is 0.217. The third-order valence-corrected chi connectivity index (χ3v) is 4.30. The molecule has 4 heteroatoms. The molecule has 98 valence electrons. The predicted molar refractivity (Wildman–Crippen MR) is 72.2 cm³/mol. The number of aliphatic hydroxyl groups is 1. The van der Waals surface area contributed by atoms with E-state index in [1.165, 1.54) is 18.4 Å². The van der Waals surface area contributed by atoms with Crippen molar-refractivity contribution in [1.29, 1.82) is 0 Å². The molecule has 1 spiro atoms. The smallest absolute Gasteiger partial charge is 0.175 e. The van der Waals surface area contributed by atoms with E-state index in [-0.39, 0.29) is 12.0 Å². The normalized spacial score (nSPS) is 19.7. The third-order valence-electron chi connectivity index (χ3n) is 3.71. The molecule has 1 aromatic rings. The molecule has 0 unspecified atom stereocenters. The van der Waals surface area contributed by atoms with Crippen LogP contribution in [0.25, 0.3) is 0 Å². The van der Waals surface area contributed by atoms with Gasteiger partial charge in [0.2, 0.25) is 0 Å². The highest BCUT2D eigenvalue weighted by atomic mass is 79.9. The first-order valence-corrected chi connectivity index (χ1v) is 7.21. The second kappa shape index (κ2) is 4.74. The molecule has 0 saturated heterocycles. The topological polar surface area (TPSA) is 38.7 Å². The number of benzene rings is 1. The van der Waals surface area contributed by atoms with Crippen molar-refractivity contribution in [3.63, 3.8) is 0 Å². The summed E-state index contributed by atoms with van der Waals surface area (Å²) in [6, 6.07) is 4.10. The molecular weight excluding hydrogens is 296 g/mol. The maximum Gasteiger partial charge on any atom is 0.175 e. The fourth-order valence-corrected chi connectivity index (χ4v) is 2.86. The number of aliphatic hydroxyl groups excluding tert-OH is 1. The van der Waals surface area contributed by atoms with Gasteiger partial charge in [-0.1, -0.05) is 0 Å². The first-order chi connectivity index (χ1) is 8.72. The molecular formula is C14H17BrO3. The monoisotopic (exact) mass is 312 g/mol. The molecule has 0 atom stereocenters. The van der Waals surface area contributed by atoms with Crippen LogP contribution in [0.2, 0.25) is 0 Å². The van der Waals surface area contributed by atoms with Crippen LogP contribution in [0.4, 0.5) is 0 Å². The van der Waals surface area contributed by atoms with E-state index in [1.807, 2.05) is 6.07 Å². The van der Waals surface area contributed by atoms with Crippen molar-refractivity contribution in [2.24, 2.45) is 5.41 Å². The minimum absolute atomic E-state index is 0.217. The third kappa shape index (κ3) is 2.36. The summed E-state index contributed by atoms with van der Waals surface area (Å²) in [7, 11) is 0. The average Bonchev–Trinajstić information content (AvgIpc) is 3.15. The fraction of sp³-hybridized carbons (Fsp3) is 0.571. The van der Waals surface area contributed by atoms with Gasteiger partial charge in [-0.05, 0) is 59.3 Å². The van der Waals surface area contributed by atoms with Crippen LogP contribution >= 0.6 is 15.9 Å². The molecule has 1 aliphatic heterocycles. The number of hydrogen-bond acceptors (Lipinski definition) is 3. The molecule has 3 nitrogen and oxygen atoms in total. The standard InChI is InChI=1S/C14H17BrO3/c15-11-6-10(2-1-5-16)7-12-13(11)18-9-14(3-4-14)8-17-12/h6-7,16H,1-5,8-9H2. The molecule has 1 N–H and O–H groups in total.